The van der Waals surface area contributed by atoms with Crippen LogP contribution in [0.3, 0.4) is 0 Å². The zero-order valence-corrected chi connectivity index (χ0v) is 13.4. The molecule has 0 aliphatic heterocycles. The fourth-order valence-corrected chi connectivity index (χ4v) is 2.65. The molecule has 0 saturated carbocycles. The summed E-state index contributed by atoms with van der Waals surface area (Å²) >= 11 is 14.8. The van der Waals surface area contributed by atoms with Gasteiger partial charge in [0.15, 0.2) is 0 Å². The number of halogens is 3. The number of carbonyl (C=O) groups excluding carboxylic acids is 1. The number of nitrogens with one attached hydrogen (secondary N) is 1. The highest BCUT2D eigenvalue weighted by Gasteiger charge is 2.15. The van der Waals surface area contributed by atoms with Crippen LogP contribution in [0, 0.1) is 10.1 Å². The Morgan fingerprint density at radius 1 is 1.19 bits per heavy atom. The van der Waals surface area contributed by atoms with Gasteiger partial charge in [0, 0.05) is 21.2 Å². The molecule has 5 nitrogen and oxygen atoms in total. The van der Waals surface area contributed by atoms with Crippen LogP contribution in [0.4, 0.5) is 11.4 Å². The van der Waals surface area contributed by atoms with Gasteiger partial charge in [0.05, 0.1) is 10.5 Å². The van der Waals surface area contributed by atoms with E-state index in [1.807, 2.05) is 0 Å². The van der Waals surface area contributed by atoms with Crippen LogP contribution in [0.15, 0.2) is 40.9 Å². The van der Waals surface area contributed by atoms with Gasteiger partial charge in [-0.15, -0.1) is 0 Å². The largest absolute Gasteiger partial charge is 0.322 e. The fourth-order valence-electron chi connectivity index (χ4n) is 1.60. The van der Waals surface area contributed by atoms with E-state index in [9.17, 15) is 14.9 Å². The minimum Gasteiger partial charge on any atom is -0.322 e. The number of benzene rings is 2. The zero-order valence-electron chi connectivity index (χ0n) is 10.3. The highest BCUT2D eigenvalue weighted by atomic mass is 79.9. The lowest BCUT2D eigenvalue weighted by Gasteiger charge is -2.07. The van der Waals surface area contributed by atoms with Gasteiger partial charge >= 0.3 is 0 Å². The maximum absolute atomic E-state index is 12.1. The Morgan fingerprint density at radius 2 is 1.90 bits per heavy atom. The molecule has 0 unspecified atom stereocenters. The molecule has 0 saturated heterocycles. The van der Waals surface area contributed by atoms with Gasteiger partial charge in [0.1, 0.15) is 5.02 Å². The number of nitro groups is 1. The summed E-state index contributed by atoms with van der Waals surface area (Å²) in [6.45, 7) is 0. The maximum Gasteiger partial charge on any atom is 0.289 e. The molecule has 0 heterocycles. The second-order valence-corrected chi connectivity index (χ2v) is 5.70. The number of nitro benzene ring substituents is 1. The van der Waals surface area contributed by atoms with Crippen molar-refractivity contribution in [1.82, 2.24) is 0 Å². The maximum atomic E-state index is 12.1. The van der Waals surface area contributed by atoms with Crippen LogP contribution in [-0.4, -0.2) is 10.8 Å². The summed E-state index contributed by atoms with van der Waals surface area (Å²) in [4.78, 5) is 22.3. The average molecular weight is 390 g/mol. The van der Waals surface area contributed by atoms with E-state index < -0.39 is 10.8 Å². The molecule has 1 N–H and O–H groups in total. The number of rotatable bonds is 3. The van der Waals surface area contributed by atoms with Crippen LogP contribution >= 0.6 is 39.1 Å². The molecule has 8 heteroatoms. The molecule has 21 heavy (non-hydrogen) atoms. The fraction of sp³-hybridized carbons (Fsp3) is 0. The lowest BCUT2D eigenvalue weighted by atomic mass is 10.2. The Labute approximate surface area is 138 Å². The summed E-state index contributed by atoms with van der Waals surface area (Å²) < 4.78 is 0.524. The number of anilines is 1. The molecule has 0 spiro atoms. The lowest BCUT2D eigenvalue weighted by molar-refractivity contribution is -0.384. The Bertz CT molecular complexity index is 737. The van der Waals surface area contributed by atoms with E-state index in [4.69, 9.17) is 23.2 Å². The summed E-state index contributed by atoms with van der Waals surface area (Å²) in [6, 6.07) is 8.74. The van der Waals surface area contributed by atoms with E-state index in [2.05, 4.69) is 21.2 Å². The van der Waals surface area contributed by atoms with E-state index in [1.54, 1.807) is 18.2 Å². The quantitative estimate of drug-likeness (QED) is 0.598. The molecule has 0 atom stereocenters. The number of amides is 1. The van der Waals surface area contributed by atoms with Crippen molar-refractivity contribution in [3.63, 3.8) is 0 Å². The molecule has 2 aromatic carbocycles. The molecule has 0 aromatic heterocycles. The average Bonchev–Trinajstić information content (AvgIpc) is 2.40. The van der Waals surface area contributed by atoms with Gasteiger partial charge in [-0.05, 0) is 46.3 Å². The third-order valence-electron chi connectivity index (χ3n) is 2.58. The number of nitrogens with zero attached hydrogens (tertiary/aromatic N) is 1. The molecule has 2 aromatic rings. The van der Waals surface area contributed by atoms with E-state index in [1.165, 1.54) is 18.2 Å². The van der Waals surface area contributed by atoms with Gasteiger partial charge in [-0.25, -0.2) is 0 Å². The first-order valence-electron chi connectivity index (χ1n) is 5.59. The van der Waals surface area contributed by atoms with Crippen molar-refractivity contribution in [3.05, 3.63) is 66.6 Å². The molecule has 0 bridgehead atoms. The predicted molar refractivity (Wildman–Crippen MR) is 85.2 cm³/mol. The Kier molecular flexibility index (Phi) is 4.82. The number of hydrogen-bond donors (Lipinski definition) is 1. The summed E-state index contributed by atoms with van der Waals surface area (Å²) in [5.74, 6) is -0.421. The highest BCUT2D eigenvalue weighted by Crippen LogP contribution is 2.28. The minimum absolute atomic E-state index is 0.00525. The van der Waals surface area contributed by atoms with E-state index >= 15 is 0 Å². The van der Waals surface area contributed by atoms with Crippen molar-refractivity contribution in [2.24, 2.45) is 0 Å². The molecule has 0 fully saturated rings. The van der Waals surface area contributed by atoms with Crippen molar-refractivity contribution in [1.29, 1.82) is 0 Å². The molecule has 2 rings (SSSR count). The van der Waals surface area contributed by atoms with E-state index in [-0.39, 0.29) is 16.4 Å². The lowest BCUT2D eigenvalue weighted by Crippen LogP contribution is -2.12. The monoisotopic (exact) mass is 388 g/mol. The minimum atomic E-state index is -0.615. The van der Waals surface area contributed by atoms with Crippen LogP contribution in [0.2, 0.25) is 10.0 Å². The summed E-state index contributed by atoms with van der Waals surface area (Å²) in [6.07, 6.45) is 0. The topological polar surface area (TPSA) is 72.2 Å². The Morgan fingerprint density at radius 3 is 2.52 bits per heavy atom. The van der Waals surface area contributed by atoms with Crippen LogP contribution < -0.4 is 5.32 Å². The molecule has 108 valence electrons. The first-order valence-corrected chi connectivity index (χ1v) is 7.13. The van der Waals surface area contributed by atoms with E-state index in [0.717, 1.165) is 0 Å². The third-order valence-corrected chi connectivity index (χ3v) is 3.79. The second kappa shape index (κ2) is 6.43. The second-order valence-electron chi connectivity index (χ2n) is 4.00. The molecule has 0 radical (unpaired) electrons. The van der Waals surface area contributed by atoms with Crippen LogP contribution in [0.5, 0.6) is 0 Å². The third kappa shape index (κ3) is 3.72. The van der Waals surface area contributed by atoms with Gasteiger partial charge in [-0.3, -0.25) is 14.9 Å². The van der Waals surface area contributed by atoms with Gasteiger partial charge in [-0.1, -0.05) is 23.2 Å². The van der Waals surface area contributed by atoms with Gasteiger partial charge in [0.2, 0.25) is 0 Å². The molecule has 1 amide bonds. The van der Waals surface area contributed by atoms with Crippen molar-refractivity contribution in [2.45, 2.75) is 0 Å². The molecular weight excluding hydrogens is 383 g/mol. The van der Waals surface area contributed by atoms with Gasteiger partial charge < -0.3 is 5.32 Å². The van der Waals surface area contributed by atoms with Crippen LogP contribution in [0.1, 0.15) is 10.4 Å². The summed E-state index contributed by atoms with van der Waals surface area (Å²) in [5, 5.41) is 13.9. The Hall–Kier alpha value is -1.63. The smallest absolute Gasteiger partial charge is 0.289 e. The normalized spacial score (nSPS) is 10.2. The van der Waals surface area contributed by atoms with Crippen LogP contribution in [0.25, 0.3) is 0 Å². The highest BCUT2D eigenvalue weighted by molar-refractivity contribution is 9.10. The van der Waals surface area contributed by atoms with Crippen molar-refractivity contribution in [3.8, 4) is 0 Å². The van der Waals surface area contributed by atoms with Crippen LogP contribution in [-0.2, 0) is 0 Å². The van der Waals surface area contributed by atoms with Crippen molar-refractivity contribution < 1.29 is 9.72 Å². The van der Waals surface area contributed by atoms with Gasteiger partial charge in [-0.2, -0.15) is 0 Å². The standard InChI is InChI=1S/C13H7BrCl2N2O3/c14-10-5-7(15)1-3-9(10)13(19)17-8-2-4-11(16)12(6-8)18(20)21/h1-6H,(H,17,19). The summed E-state index contributed by atoms with van der Waals surface area (Å²) in [7, 11) is 0. The van der Waals surface area contributed by atoms with E-state index in [0.29, 0.717) is 15.1 Å². The van der Waals surface area contributed by atoms with Crippen molar-refractivity contribution >= 4 is 56.4 Å². The Balaban J connectivity index is 2.27. The van der Waals surface area contributed by atoms with Gasteiger partial charge in [0.25, 0.3) is 11.6 Å². The SMILES string of the molecule is O=C(Nc1ccc(Cl)c([N+](=O)[O-])c1)c1ccc(Cl)cc1Br. The zero-order chi connectivity index (χ0) is 15.6. The first-order chi connectivity index (χ1) is 9.88. The predicted octanol–water partition coefficient (Wildman–Crippen LogP) is 4.92. The number of hydrogen-bond acceptors (Lipinski definition) is 3. The molecular formula is C13H7BrCl2N2O3. The number of carbonyl (C=O) groups is 1. The van der Waals surface area contributed by atoms with Crippen molar-refractivity contribution in [2.75, 3.05) is 5.32 Å². The first kappa shape index (κ1) is 15.8. The molecule has 0 aliphatic rings. The molecule has 0 aliphatic carbocycles. The summed E-state index contributed by atoms with van der Waals surface area (Å²) in [5.41, 5.74) is 0.361.